The molecule has 1 aromatic heterocycles. The fourth-order valence-electron chi connectivity index (χ4n) is 5.15. The highest BCUT2D eigenvalue weighted by Crippen LogP contribution is 2.28. The minimum atomic E-state index is -3.72. The molecule has 2 aliphatic heterocycles. The van der Waals surface area contributed by atoms with Gasteiger partial charge in [-0.25, -0.2) is 13.4 Å². The number of carbonyl (C=O) groups is 1. The Hall–Kier alpha value is -2.18. The van der Waals surface area contributed by atoms with Gasteiger partial charge in [0.25, 0.3) is 0 Å². The van der Waals surface area contributed by atoms with Crippen molar-refractivity contribution in [3.8, 4) is 5.75 Å². The van der Waals surface area contributed by atoms with E-state index in [1.165, 1.54) is 30.6 Å². The van der Waals surface area contributed by atoms with E-state index in [1.807, 2.05) is 4.57 Å². The molecule has 0 saturated carbocycles. The molecular weight excluding hydrogens is 530 g/mol. The summed E-state index contributed by atoms with van der Waals surface area (Å²) < 4.78 is 40.4. The number of likely N-dealkylation sites (tertiary alicyclic amines) is 1. The van der Waals surface area contributed by atoms with Crippen LogP contribution in [-0.4, -0.2) is 91.5 Å². The molecule has 0 N–H and O–H groups in total. The molecule has 10 nitrogen and oxygen atoms in total. The lowest BCUT2D eigenvalue weighted by Gasteiger charge is -2.28. The van der Waals surface area contributed by atoms with Crippen LogP contribution in [0.3, 0.4) is 0 Å². The molecule has 38 heavy (non-hydrogen) atoms. The lowest BCUT2D eigenvalue weighted by atomic mass is 10.1. The largest absolute Gasteiger partial charge is 0.497 e. The molecule has 2 aliphatic rings. The number of hydrogen-bond acceptors (Lipinski definition) is 7. The summed E-state index contributed by atoms with van der Waals surface area (Å²) in [6, 6.07) is 3.41. The molecule has 4 rings (SSSR count). The number of benzene rings is 1. The van der Waals surface area contributed by atoms with Crippen LogP contribution in [0, 0.1) is 13.8 Å². The second-order valence-corrected chi connectivity index (χ2v) is 12.4. The molecule has 1 saturated heterocycles. The predicted molar refractivity (Wildman–Crippen MR) is 145 cm³/mol. The monoisotopic (exact) mass is 567 g/mol. The fraction of sp³-hybridized carbons (Fsp3) is 0.615. The van der Waals surface area contributed by atoms with Crippen LogP contribution in [0.15, 0.2) is 17.0 Å². The number of fused-ring (bicyclic) bond motifs is 1. The second-order valence-electron chi connectivity index (χ2n) is 10.0. The molecule has 0 spiro atoms. The van der Waals surface area contributed by atoms with Crippen molar-refractivity contribution in [1.82, 2.24) is 23.7 Å². The van der Waals surface area contributed by atoms with E-state index in [0.717, 1.165) is 31.2 Å². The molecule has 0 radical (unpaired) electrons. The van der Waals surface area contributed by atoms with Crippen molar-refractivity contribution in [1.29, 1.82) is 0 Å². The summed E-state index contributed by atoms with van der Waals surface area (Å²) in [4.78, 5) is 21.9. The second kappa shape index (κ2) is 12.3. The van der Waals surface area contributed by atoms with E-state index in [2.05, 4.69) is 4.90 Å². The highest BCUT2D eigenvalue weighted by Gasteiger charge is 2.28. The van der Waals surface area contributed by atoms with Crippen LogP contribution in [0.2, 0.25) is 5.15 Å². The molecule has 0 unspecified atom stereocenters. The Morgan fingerprint density at radius 3 is 2.45 bits per heavy atom. The van der Waals surface area contributed by atoms with Crippen molar-refractivity contribution in [3.63, 3.8) is 0 Å². The molecule has 0 atom stereocenters. The van der Waals surface area contributed by atoms with Gasteiger partial charge in [0.2, 0.25) is 15.9 Å². The molecule has 0 aliphatic carbocycles. The van der Waals surface area contributed by atoms with Crippen molar-refractivity contribution in [3.05, 3.63) is 39.9 Å². The number of aryl methyl sites for hydroxylation is 2. The number of carbonyl (C=O) groups excluding carboxylic acids is 1. The number of ether oxygens (including phenoxy) is 2. The highest BCUT2D eigenvalue weighted by atomic mass is 35.5. The van der Waals surface area contributed by atoms with Crippen molar-refractivity contribution in [2.75, 3.05) is 53.6 Å². The first-order valence-corrected chi connectivity index (χ1v) is 14.9. The van der Waals surface area contributed by atoms with Gasteiger partial charge in [-0.3, -0.25) is 9.69 Å². The van der Waals surface area contributed by atoms with Crippen LogP contribution in [-0.2, 0) is 39.2 Å². The van der Waals surface area contributed by atoms with Crippen LogP contribution in [0.5, 0.6) is 5.75 Å². The van der Waals surface area contributed by atoms with Gasteiger partial charge in [-0.1, -0.05) is 18.0 Å². The third-order valence-electron chi connectivity index (χ3n) is 7.27. The first-order chi connectivity index (χ1) is 18.1. The molecule has 0 bridgehead atoms. The van der Waals surface area contributed by atoms with Crippen LogP contribution >= 0.6 is 11.6 Å². The summed E-state index contributed by atoms with van der Waals surface area (Å²) in [6.07, 6.45) is 3.68. The first kappa shape index (κ1) is 28.8. The molecule has 3 heterocycles. The minimum Gasteiger partial charge on any atom is -0.497 e. The normalized spacial score (nSPS) is 16.6. The maximum absolute atomic E-state index is 13.2. The Morgan fingerprint density at radius 2 is 1.79 bits per heavy atom. The van der Waals surface area contributed by atoms with E-state index < -0.39 is 10.0 Å². The average molecular weight is 568 g/mol. The first-order valence-electron chi connectivity index (χ1n) is 13.0. The lowest BCUT2D eigenvalue weighted by molar-refractivity contribution is -0.137. The van der Waals surface area contributed by atoms with Gasteiger partial charge in [0, 0.05) is 33.2 Å². The zero-order chi connectivity index (χ0) is 27.4. The van der Waals surface area contributed by atoms with Crippen LogP contribution in [0.25, 0.3) is 0 Å². The number of amides is 1. The zero-order valence-electron chi connectivity index (χ0n) is 22.7. The summed E-state index contributed by atoms with van der Waals surface area (Å²) in [6.45, 7) is 7.97. The Kier molecular flexibility index (Phi) is 9.36. The van der Waals surface area contributed by atoms with E-state index in [1.54, 1.807) is 38.0 Å². The lowest BCUT2D eigenvalue weighted by Crippen LogP contribution is -2.40. The standard InChI is InChI=1S/C26H38ClN5O5S/c1-19-14-21(36-4)15-20(2)25(19)38(34,35)29(3)12-13-37-18-24(33)31-10-11-32-23(17-31)28-22(26(32)27)16-30-8-6-5-7-9-30/h14-15H,5-13,16-18H2,1-4H3. The number of rotatable bonds is 10. The van der Waals surface area contributed by atoms with Crippen molar-refractivity contribution >= 4 is 27.5 Å². The molecule has 12 heteroatoms. The maximum atomic E-state index is 13.2. The molecule has 1 amide bonds. The van der Waals surface area contributed by atoms with Crippen molar-refractivity contribution < 1.29 is 22.7 Å². The summed E-state index contributed by atoms with van der Waals surface area (Å²) >= 11 is 6.62. The van der Waals surface area contributed by atoms with Gasteiger partial charge in [-0.05, 0) is 63.0 Å². The number of likely N-dealkylation sites (N-methyl/N-ethyl adjacent to an activating group) is 1. The quantitative estimate of drug-likeness (QED) is 0.407. The number of methoxy groups -OCH3 is 1. The molecule has 1 fully saturated rings. The number of sulfonamides is 1. The molecule has 1 aromatic carbocycles. The van der Waals surface area contributed by atoms with Gasteiger partial charge in [0.1, 0.15) is 23.3 Å². The third-order valence-corrected chi connectivity index (χ3v) is 9.85. The van der Waals surface area contributed by atoms with E-state index in [-0.39, 0.29) is 30.6 Å². The van der Waals surface area contributed by atoms with Crippen LogP contribution in [0.1, 0.15) is 41.9 Å². The van der Waals surface area contributed by atoms with Crippen molar-refractivity contribution in [2.24, 2.45) is 0 Å². The summed E-state index contributed by atoms with van der Waals surface area (Å²) in [7, 11) is -0.654. The average Bonchev–Trinajstić information content (AvgIpc) is 3.20. The topological polar surface area (TPSA) is 97.2 Å². The van der Waals surface area contributed by atoms with Gasteiger partial charge in [0.15, 0.2) is 0 Å². The SMILES string of the molecule is COc1cc(C)c(S(=O)(=O)N(C)CCOCC(=O)N2CCn3c(nc(CN4CCCCC4)c3Cl)C2)c(C)c1. The molecular formula is C26H38ClN5O5S. The number of nitrogens with zero attached hydrogens (tertiary/aromatic N) is 5. The number of imidazole rings is 1. The van der Waals surface area contributed by atoms with Crippen molar-refractivity contribution in [2.45, 2.75) is 57.6 Å². The summed E-state index contributed by atoms with van der Waals surface area (Å²) in [5, 5.41) is 0.667. The number of piperidine rings is 1. The third kappa shape index (κ3) is 6.34. The number of hydrogen-bond donors (Lipinski definition) is 0. The van der Waals surface area contributed by atoms with Gasteiger partial charge in [-0.2, -0.15) is 4.31 Å². The van der Waals surface area contributed by atoms with Gasteiger partial charge < -0.3 is 18.9 Å². The highest BCUT2D eigenvalue weighted by molar-refractivity contribution is 7.89. The minimum absolute atomic E-state index is 0.101. The Bertz CT molecular complexity index is 1240. The summed E-state index contributed by atoms with van der Waals surface area (Å²) in [5.74, 6) is 1.25. The van der Waals surface area contributed by atoms with E-state index in [4.69, 9.17) is 26.1 Å². The maximum Gasteiger partial charge on any atom is 0.249 e. The predicted octanol–water partition coefficient (Wildman–Crippen LogP) is 2.83. The number of aromatic nitrogens is 2. The zero-order valence-corrected chi connectivity index (χ0v) is 24.3. The van der Waals surface area contributed by atoms with E-state index in [0.29, 0.717) is 41.7 Å². The van der Waals surface area contributed by atoms with Gasteiger partial charge in [-0.15, -0.1) is 0 Å². The molecule has 210 valence electrons. The molecule has 2 aromatic rings. The fourth-order valence-corrected chi connectivity index (χ4v) is 6.99. The Balaban J connectivity index is 1.27. The number of halogens is 1. The van der Waals surface area contributed by atoms with E-state index >= 15 is 0 Å². The van der Waals surface area contributed by atoms with Gasteiger partial charge in [0.05, 0.1) is 30.9 Å². The smallest absolute Gasteiger partial charge is 0.249 e. The van der Waals surface area contributed by atoms with E-state index in [9.17, 15) is 13.2 Å². The van der Waals surface area contributed by atoms with Crippen LogP contribution < -0.4 is 4.74 Å². The van der Waals surface area contributed by atoms with Gasteiger partial charge >= 0.3 is 0 Å². The Labute approximate surface area is 230 Å². The Morgan fingerprint density at radius 1 is 1.11 bits per heavy atom. The van der Waals surface area contributed by atoms with Crippen LogP contribution in [0.4, 0.5) is 0 Å². The summed E-state index contributed by atoms with van der Waals surface area (Å²) in [5.41, 5.74) is 2.11.